The van der Waals surface area contributed by atoms with Crippen molar-refractivity contribution in [3.63, 3.8) is 0 Å². The number of hydrogen-bond donors (Lipinski definition) is 2. The monoisotopic (exact) mass is 548 g/mol. The minimum absolute atomic E-state index is 0.0412. The second kappa shape index (κ2) is 14.2. The molecule has 7 heteroatoms. The number of aromatic nitrogens is 1. The first kappa shape index (κ1) is 28.1. The Balaban J connectivity index is 1.30. The van der Waals surface area contributed by atoms with Gasteiger partial charge in [0.1, 0.15) is 6.61 Å². The summed E-state index contributed by atoms with van der Waals surface area (Å²) in [4.78, 5) is 32.9. The van der Waals surface area contributed by atoms with Crippen LogP contribution in [0.25, 0.3) is 0 Å². The SMILES string of the molecule is O=C(NC[C@H]1CCN(CC(c2ccccc2)c2ccccc2)C(=O)[C@H](Cc2ccccn2)N1)OCc1ccccc1. The summed E-state index contributed by atoms with van der Waals surface area (Å²) in [6.45, 7) is 1.70. The summed E-state index contributed by atoms with van der Waals surface area (Å²) in [5.74, 6) is 0.0844. The molecule has 1 aromatic heterocycles. The fourth-order valence-electron chi connectivity index (χ4n) is 5.27. The van der Waals surface area contributed by atoms with Gasteiger partial charge in [-0.15, -0.1) is 0 Å². The molecule has 0 saturated carbocycles. The number of hydrogen-bond acceptors (Lipinski definition) is 5. The zero-order valence-corrected chi connectivity index (χ0v) is 23.1. The van der Waals surface area contributed by atoms with Crippen molar-refractivity contribution in [2.24, 2.45) is 0 Å². The number of nitrogens with one attached hydrogen (secondary N) is 2. The van der Waals surface area contributed by atoms with Crippen molar-refractivity contribution in [3.8, 4) is 0 Å². The lowest BCUT2D eigenvalue weighted by atomic mass is 9.90. The van der Waals surface area contributed by atoms with Crippen LogP contribution in [0.1, 0.15) is 34.7 Å². The summed E-state index contributed by atoms with van der Waals surface area (Å²) < 4.78 is 5.40. The molecule has 0 aliphatic carbocycles. The molecule has 5 rings (SSSR count). The Morgan fingerprint density at radius 1 is 0.902 bits per heavy atom. The number of ether oxygens (including phenoxy) is 1. The summed E-state index contributed by atoms with van der Waals surface area (Å²) in [6.07, 6.45) is 2.43. The highest BCUT2D eigenvalue weighted by atomic mass is 16.5. The normalized spacial score (nSPS) is 17.2. The van der Waals surface area contributed by atoms with Crippen molar-refractivity contribution < 1.29 is 14.3 Å². The summed E-state index contributed by atoms with van der Waals surface area (Å²) >= 11 is 0. The van der Waals surface area contributed by atoms with Crippen LogP contribution in [0.5, 0.6) is 0 Å². The highest BCUT2D eigenvalue weighted by Crippen LogP contribution is 2.27. The summed E-state index contributed by atoms with van der Waals surface area (Å²) in [6, 6.07) is 35.4. The van der Waals surface area contributed by atoms with E-state index in [1.54, 1.807) is 6.20 Å². The topological polar surface area (TPSA) is 83.6 Å². The molecule has 210 valence electrons. The van der Waals surface area contributed by atoms with Gasteiger partial charge in [0.05, 0.1) is 6.04 Å². The van der Waals surface area contributed by atoms with Gasteiger partial charge in [-0.3, -0.25) is 9.78 Å². The number of nitrogens with zero attached hydrogens (tertiary/aromatic N) is 2. The van der Waals surface area contributed by atoms with Crippen LogP contribution in [0.3, 0.4) is 0 Å². The van der Waals surface area contributed by atoms with E-state index in [9.17, 15) is 9.59 Å². The van der Waals surface area contributed by atoms with Crippen LogP contribution in [-0.4, -0.2) is 53.6 Å². The highest BCUT2D eigenvalue weighted by Gasteiger charge is 2.33. The number of pyridine rings is 1. The van der Waals surface area contributed by atoms with Crippen molar-refractivity contribution >= 4 is 12.0 Å². The first-order chi connectivity index (χ1) is 20.2. The third-order valence-electron chi connectivity index (χ3n) is 7.45. The quantitative estimate of drug-likeness (QED) is 0.293. The van der Waals surface area contributed by atoms with Crippen molar-refractivity contribution in [1.82, 2.24) is 20.5 Å². The van der Waals surface area contributed by atoms with E-state index in [0.29, 0.717) is 32.5 Å². The fourth-order valence-corrected chi connectivity index (χ4v) is 5.27. The average Bonchev–Trinajstić information content (AvgIpc) is 3.17. The van der Waals surface area contributed by atoms with Gasteiger partial charge in [0.2, 0.25) is 5.91 Å². The van der Waals surface area contributed by atoms with Gasteiger partial charge in [0.15, 0.2) is 0 Å². The zero-order chi connectivity index (χ0) is 28.3. The van der Waals surface area contributed by atoms with E-state index in [1.165, 1.54) is 11.1 Å². The maximum absolute atomic E-state index is 14.0. The molecular weight excluding hydrogens is 512 g/mol. The third kappa shape index (κ3) is 8.02. The fraction of sp³-hybridized carbons (Fsp3) is 0.265. The van der Waals surface area contributed by atoms with Crippen LogP contribution >= 0.6 is 0 Å². The van der Waals surface area contributed by atoms with Crippen LogP contribution in [0.2, 0.25) is 0 Å². The predicted octanol–water partition coefficient (Wildman–Crippen LogP) is 4.94. The van der Waals surface area contributed by atoms with E-state index in [1.807, 2.05) is 89.8 Å². The van der Waals surface area contributed by atoms with E-state index < -0.39 is 12.1 Å². The van der Waals surface area contributed by atoms with Crippen molar-refractivity contribution in [1.29, 1.82) is 0 Å². The van der Waals surface area contributed by atoms with Gasteiger partial charge in [-0.2, -0.15) is 0 Å². The molecular formula is C34H36N4O3. The van der Waals surface area contributed by atoms with E-state index in [4.69, 9.17) is 4.74 Å². The van der Waals surface area contributed by atoms with Crippen molar-refractivity contribution in [2.75, 3.05) is 19.6 Å². The Kier molecular flexibility index (Phi) is 9.74. The Morgan fingerprint density at radius 3 is 2.17 bits per heavy atom. The summed E-state index contributed by atoms with van der Waals surface area (Å²) in [5.41, 5.74) is 4.11. The molecule has 0 unspecified atom stereocenters. The minimum Gasteiger partial charge on any atom is -0.445 e. The number of rotatable bonds is 10. The second-order valence-electron chi connectivity index (χ2n) is 10.3. The minimum atomic E-state index is -0.474. The average molecular weight is 549 g/mol. The second-order valence-corrected chi connectivity index (χ2v) is 10.3. The van der Waals surface area contributed by atoms with Crippen molar-refractivity contribution in [3.05, 3.63) is 138 Å². The molecule has 2 N–H and O–H groups in total. The van der Waals surface area contributed by atoms with Crippen molar-refractivity contribution in [2.45, 2.75) is 37.5 Å². The van der Waals surface area contributed by atoms with Crippen LogP contribution in [0.4, 0.5) is 4.79 Å². The maximum Gasteiger partial charge on any atom is 0.407 e. The van der Waals surface area contributed by atoms with Gasteiger partial charge < -0.3 is 20.3 Å². The Hall–Kier alpha value is -4.49. The van der Waals surface area contributed by atoms with Crippen LogP contribution in [-0.2, 0) is 22.6 Å². The molecule has 0 bridgehead atoms. The first-order valence-electron chi connectivity index (χ1n) is 14.1. The molecule has 0 spiro atoms. The standard InChI is InChI=1S/C34H36N4O3/c39-33-32(22-29-18-10-11-20-35-29)37-30(23-36-34(40)41-25-26-12-4-1-5-13-26)19-21-38(33)24-31(27-14-6-2-7-15-27)28-16-8-3-9-17-28/h1-18,20,30-32,37H,19,21-25H2,(H,36,40)/t30-,32+/m1/s1. The van der Waals surface area contributed by atoms with Gasteiger partial charge in [0, 0.05) is 49.9 Å². The smallest absolute Gasteiger partial charge is 0.407 e. The zero-order valence-electron chi connectivity index (χ0n) is 23.1. The molecule has 2 atom stereocenters. The van der Waals surface area contributed by atoms with Gasteiger partial charge in [-0.1, -0.05) is 97.1 Å². The largest absolute Gasteiger partial charge is 0.445 e. The number of carbonyl (C=O) groups is 2. The van der Waals surface area contributed by atoms with E-state index in [2.05, 4.69) is 39.9 Å². The van der Waals surface area contributed by atoms with Crippen LogP contribution in [0, 0.1) is 0 Å². The van der Waals surface area contributed by atoms with E-state index in [0.717, 1.165) is 11.3 Å². The molecule has 1 aliphatic rings. The maximum atomic E-state index is 14.0. The summed E-state index contributed by atoms with van der Waals surface area (Å²) in [5, 5.41) is 6.41. The number of benzene rings is 3. The van der Waals surface area contributed by atoms with Gasteiger partial charge in [-0.25, -0.2) is 4.79 Å². The first-order valence-corrected chi connectivity index (χ1v) is 14.1. The Morgan fingerprint density at radius 2 is 1.54 bits per heavy atom. The lowest BCUT2D eigenvalue weighted by molar-refractivity contribution is -0.132. The Bertz CT molecular complexity index is 1330. The van der Waals surface area contributed by atoms with E-state index >= 15 is 0 Å². The molecule has 2 heterocycles. The molecule has 4 aromatic rings. The van der Waals surface area contributed by atoms with Gasteiger partial charge in [0.25, 0.3) is 0 Å². The third-order valence-corrected chi connectivity index (χ3v) is 7.45. The molecule has 0 radical (unpaired) electrons. The number of amides is 2. The van der Waals surface area contributed by atoms with E-state index in [-0.39, 0.29) is 24.5 Å². The molecule has 1 aliphatic heterocycles. The lowest BCUT2D eigenvalue weighted by Gasteiger charge is -2.29. The summed E-state index contributed by atoms with van der Waals surface area (Å²) in [7, 11) is 0. The molecule has 3 aromatic carbocycles. The highest BCUT2D eigenvalue weighted by molar-refractivity contribution is 5.82. The molecule has 1 saturated heterocycles. The number of alkyl carbamates (subject to hydrolysis) is 1. The van der Waals surface area contributed by atoms with Crippen LogP contribution in [0.15, 0.2) is 115 Å². The molecule has 2 amide bonds. The predicted molar refractivity (Wildman–Crippen MR) is 159 cm³/mol. The molecule has 41 heavy (non-hydrogen) atoms. The van der Waals surface area contributed by atoms with Gasteiger partial charge in [-0.05, 0) is 35.2 Å². The number of carbonyl (C=O) groups excluding carboxylic acids is 2. The molecule has 7 nitrogen and oxygen atoms in total. The van der Waals surface area contributed by atoms with Gasteiger partial charge >= 0.3 is 6.09 Å². The lowest BCUT2D eigenvalue weighted by Crippen LogP contribution is -2.50. The molecule has 1 fully saturated rings. The van der Waals surface area contributed by atoms with Crippen LogP contribution < -0.4 is 10.6 Å². The Labute approximate surface area is 241 Å².